The zero-order chi connectivity index (χ0) is 25.6. The van der Waals surface area contributed by atoms with Crippen LogP contribution in [0.1, 0.15) is 49.0 Å². The Labute approximate surface area is 211 Å². The summed E-state index contributed by atoms with van der Waals surface area (Å²) in [5.41, 5.74) is 3.87. The first-order chi connectivity index (χ1) is 16.6. The quantitative estimate of drug-likeness (QED) is 0.360. The molecular formula is C26H31N3O4S2. The molecule has 0 aliphatic heterocycles. The lowest BCUT2D eigenvalue weighted by atomic mass is 10.0. The number of hydrogen-bond donors (Lipinski definition) is 0. The SMILES string of the molecule is Cc1ccc(C)c(C(=O)N(CCCc2ccccc2)Cc2nc(C(=O)CS(=O)(=O)N(C)C)cs2)c1. The van der Waals surface area contributed by atoms with Gasteiger partial charge < -0.3 is 4.90 Å². The first kappa shape index (κ1) is 26.7. The fraction of sp³-hybridized carbons (Fsp3) is 0.346. The number of amides is 1. The maximum absolute atomic E-state index is 13.5. The molecule has 35 heavy (non-hydrogen) atoms. The average Bonchev–Trinajstić information content (AvgIpc) is 3.29. The maximum atomic E-state index is 13.5. The third-order valence-corrected chi connectivity index (χ3v) is 8.25. The van der Waals surface area contributed by atoms with Gasteiger partial charge in [-0.2, -0.15) is 0 Å². The van der Waals surface area contributed by atoms with Crippen LogP contribution in [-0.4, -0.2) is 60.7 Å². The van der Waals surface area contributed by atoms with E-state index in [2.05, 4.69) is 17.1 Å². The first-order valence-electron chi connectivity index (χ1n) is 11.3. The van der Waals surface area contributed by atoms with Crippen molar-refractivity contribution in [3.63, 3.8) is 0 Å². The fourth-order valence-electron chi connectivity index (χ4n) is 3.55. The Bertz CT molecular complexity index is 1280. The molecule has 0 N–H and O–H groups in total. The van der Waals surface area contributed by atoms with E-state index in [0.717, 1.165) is 28.3 Å². The van der Waals surface area contributed by atoms with Crippen LogP contribution in [0.3, 0.4) is 0 Å². The highest BCUT2D eigenvalue weighted by molar-refractivity contribution is 7.89. The van der Waals surface area contributed by atoms with E-state index in [1.54, 1.807) is 10.3 Å². The molecule has 2 aromatic carbocycles. The summed E-state index contributed by atoms with van der Waals surface area (Å²) in [6, 6.07) is 15.9. The van der Waals surface area contributed by atoms with Gasteiger partial charge in [0.25, 0.3) is 5.91 Å². The van der Waals surface area contributed by atoms with Crippen LogP contribution in [0.4, 0.5) is 0 Å². The molecule has 0 unspecified atom stereocenters. The Morgan fingerprint density at radius 3 is 2.43 bits per heavy atom. The van der Waals surface area contributed by atoms with Crippen LogP contribution in [0.15, 0.2) is 53.9 Å². The van der Waals surface area contributed by atoms with Gasteiger partial charge in [-0.25, -0.2) is 17.7 Å². The lowest BCUT2D eigenvalue weighted by Gasteiger charge is -2.23. The second kappa shape index (κ2) is 11.7. The number of hydrogen-bond acceptors (Lipinski definition) is 6. The number of benzene rings is 2. The van der Waals surface area contributed by atoms with Crippen molar-refractivity contribution in [2.75, 3.05) is 26.4 Å². The van der Waals surface area contributed by atoms with E-state index >= 15 is 0 Å². The molecule has 3 aromatic rings. The van der Waals surface area contributed by atoms with Crippen LogP contribution < -0.4 is 0 Å². The van der Waals surface area contributed by atoms with Gasteiger partial charge in [0.15, 0.2) is 5.78 Å². The summed E-state index contributed by atoms with van der Waals surface area (Å²) >= 11 is 1.26. The van der Waals surface area contributed by atoms with Crippen LogP contribution in [0.2, 0.25) is 0 Å². The van der Waals surface area contributed by atoms with Crippen molar-refractivity contribution in [2.24, 2.45) is 0 Å². The van der Waals surface area contributed by atoms with E-state index in [-0.39, 0.29) is 18.1 Å². The van der Waals surface area contributed by atoms with E-state index in [0.29, 0.717) is 17.1 Å². The molecule has 0 atom stereocenters. The average molecular weight is 514 g/mol. The van der Waals surface area contributed by atoms with E-state index in [4.69, 9.17) is 0 Å². The third-order valence-electron chi connectivity index (χ3n) is 5.68. The van der Waals surface area contributed by atoms with Crippen molar-refractivity contribution < 1.29 is 18.0 Å². The van der Waals surface area contributed by atoms with Gasteiger partial charge in [0.2, 0.25) is 10.0 Å². The molecule has 9 heteroatoms. The highest BCUT2D eigenvalue weighted by atomic mass is 32.2. The van der Waals surface area contributed by atoms with Gasteiger partial charge in [0.05, 0.1) is 6.54 Å². The molecule has 0 radical (unpaired) electrons. The lowest BCUT2D eigenvalue weighted by Crippen LogP contribution is -2.32. The molecule has 1 amide bonds. The molecule has 0 saturated heterocycles. The first-order valence-corrected chi connectivity index (χ1v) is 13.8. The third kappa shape index (κ3) is 7.30. The summed E-state index contributed by atoms with van der Waals surface area (Å²) in [6.07, 6.45) is 1.61. The Kier molecular flexibility index (Phi) is 8.93. The molecule has 0 fully saturated rings. The predicted molar refractivity (Wildman–Crippen MR) is 139 cm³/mol. The highest BCUT2D eigenvalue weighted by Gasteiger charge is 2.24. The van der Waals surface area contributed by atoms with Gasteiger partial charge in [0, 0.05) is 31.6 Å². The number of rotatable bonds is 11. The normalized spacial score (nSPS) is 11.6. The van der Waals surface area contributed by atoms with Crippen LogP contribution in [-0.2, 0) is 23.0 Å². The predicted octanol–water partition coefficient (Wildman–Crippen LogP) is 4.11. The molecular weight excluding hydrogens is 482 g/mol. The van der Waals surface area contributed by atoms with Gasteiger partial charge in [-0.1, -0.05) is 48.0 Å². The molecule has 0 spiro atoms. The van der Waals surface area contributed by atoms with Crippen LogP contribution >= 0.6 is 11.3 Å². The van der Waals surface area contributed by atoms with Crippen molar-refractivity contribution >= 4 is 33.1 Å². The van der Waals surface area contributed by atoms with Gasteiger partial charge in [-0.05, 0) is 43.9 Å². The number of nitrogens with zero attached hydrogens (tertiary/aromatic N) is 3. The zero-order valence-corrected chi connectivity index (χ0v) is 22.2. The molecule has 1 heterocycles. The van der Waals surface area contributed by atoms with Crippen LogP contribution in [0, 0.1) is 13.8 Å². The monoisotopic (exact) mass is 513 g/mol. The standard InChI is InChI=1S/C26H31N3O4S2/c1-19-12-13-20(2)22(15-19)26(31)29(14-8-11-21-9-6-5-7-10-21)16-25-27-23(17-34-25)24(30)18-35(32,33)28(3)4/h5-7,9-10,12-13,15,17H,8,11,14,16,18H2,1-4H3. The van der Waals surface area contributed by atoms with Crippen molar-refractivity contribution in [3.05, 3.63) is 86.9 Å². The minimum atomic E-state index is -3.67. The van der Waals surface area contributed by atoms with Gasteiger partial charge in [-0.15, -0.1) is 11.3 Å². The topological polar surface area (TPSA) is 87.6 Å². The van der Waals surface area contributed by atoms with E-state index in [1.165, 1.54) is 31.0 Å². The van der Waals surface area contributed by atoms with Gasteiger partial charge in [-0.3, -0.25) is 9.59 Å². The van der Waals surface area contributed by atoms with E-state index in [1.807, 2.05) is 50.2 Å². The molecule has 0 aliphatic carbocycles. The molecule has 7 nitrogen and oxygen atoms in total. The number of aromatic nitrogens is 1. The minimum absolute atomic E-state index is 0.0856. The Hall–Kier alpha value is -2.88. The second-order valence-corrected chi connectivity index (χ2v) is 11.8. The van der Waals surface area contributed by atoms with Crippen molar-refractivity contribution in [2.45, 2.75) is 33.2 Å². The van der Waals surface area contributed by atoms with Crippen molar-refractivity contribution in [3.8, 4) is 0 Å². The lowest BCUT2D eigenvalue weighted by molar-refractivity contribution is 0.0740. The fourth-order valence-corrected chi connectivity index (χ4v) is 5.10. The number of aryl methyl sites for hydroxylation is 3. The summed E-state index contributed by atoms with van der Waals surface area (Å²) in [6.45, 7) is 4.65. The van der Waals surface area contributed by atoms with E-state index in [9.17, 15) is 18.0 Å². The second-order valence-electron chi connectivity index (χ2n) is 8.72. The number of ketones is 1. The Morgan fingerprint density at radius 1 is 1.03 bits per heavy atom. The van der Waals surface area contributed by atoms with Crippen molar-refractivity contribution in [1.82, 2.24) is 14.2 Å². The largest absolute Gasteiger partial charge is 0.332 e. The zero-order valence-electron chi connectivity index (χ0n) is 20.5. The smallest absolute Gasteiger partial charge is 0.254 e. The summed E-state index contributed by atoms with van der Waals surface area (Å²) in [4.78, 5) is 32.1. The molecule has 186 valence electrons. The maximum Gasteiger partial charge on any atom is 0.254 e. The van der Waals surface area contributed by atoms with Gasteiger partial charge in [0.1, 0.15) is 16.5 Å². The molecule has 0 bridgehead atoms. The summed E-state index contributed by atoms with van der Waals surface area (Å²) in [5.74, 6) is -1.28. The Morgan fingerprint density at radius 2 is 1.74 bits per heavy atom. The summed E-state index contributed by atoms with van der Waals surface area (Å²) < 4.78 is 25.2. The number of Topliss-reactive ketones (excluding diaryl/α,β-unsaturated/α-hetero) is 1. The molecule has 0 aliphatic rings. The molecule has 1 aromatic heterocycles. The molecule has 0 saturated carbocycles. The number of carbonyl (C=O) groups excluding carboxylic acids is 2. The number of thiazole rings is 1. The van der Waals surface area contributed by atoms with Crippen LogP contribution in [0.25, 0.3) is 0 Å². The van der Waals surface area contributed by atoms with Crippen molar-refractivity contribution in [1.29, 1.82) is 0 Å². The van der Waals surface area contributed by atoms with Gasteiger partial charge >= 0.3 is 0 Å². The Balaban J connectivity index is 1.78. The molecule has 3 rings (SSSR count). The number of sulfonamides is 1. The van der Waals surface area contributed by atoms with Crippen LogP contribution in [0.5, 0.6) is 0 Å². The summed E-state index contributed by atoms with van der Waals surface area (Å²) in [5, 5.41) is 2.15. The highest BCUT2D eigenvalue weighted by Crippen LogP contribution is 2.19. The van der Waals surface area contributed by atoms with E-state index < -0.39 is 21.6 Å². The number of carbonyl (C=O) groups is 2. The summed E-state index contributed by atoms with van der Waals surface area (Å²) in [7, 11) is -0.892. The minimum Gasteiger partial charge on any atom is -0.332 e.